The summed E-state index contributed by atoms with van der Waals surface area (Å²) in [6, 6.07) is 4.88. The summed E-state index contributed by atoms with van der Waals surface area (Å²) in [5, 5.41) is 18.1. The molecular formula is C14H15ClN4O3. The summed E-state index contributed by atoms with van der Waals surface area (Å²) in [5.74, 6) is 0. The average molecular weight is 323 g/mol. The van der Waals surface area contributed by atoms with E-state index in [9.17, 15) is 9.90 Å². The average Bonchev–Trinajstić information content (AvgIpc) is 3.06. The Morgan fingerprint density at radius 1 is 1.41 bits per heavy atom. The van der Waals surface area contributed by atoms with Crippen LogP contribution in [0.25, 0.3) is 5.69 Å². The molecule has 0 aliphatic carbocycles. The number of hydrogen-bond donors (Lipinski definition) is 1. The number of carbonyl (C=O) groups is 1. The van der Waals surface area contributed by atoms with Gasteiger partial charge in [0.1, 0.15) is 11.4 Å². The van der Waals surface area contributed by atoms with Crippen LogP contribution in [0.5, 0.6) is 0 Å². The van der Waals surface area contributed by atoms with Crippen molar-refractivity contribution < 1.29 is 14.6 Å². The van der Waals surface area contributed by atoms with E-state index >= 15 is 0 Å². The minimum Gasteiger partial charge on any atom is -0.465 e. The van der Waals surface area contributed by atoms with Crippen LogP contribution in [0.15, 0.2) is 30.6 Å². The Kier molecular flexibility index (Phi) is 3.54. The van der Waals surface area contributed by atoms with Crippen LogP contribution in [0.1, 0.15) is 25.5 Å². The highest BCUT2D eigenvalue weighted by atomic mass is 35.5. The summed E-state index contributed by atoms with van der Waals surface area (Å²) in [5.41, 5.74) is 0.504. The van der Waals surface area contributed by atoms with Crippen molar-refractivity contribution in [2.24, 2.45) is 0 Å². The molecule has 1 N–H and O–H groups in total. The third-order valence-electron chi connectivity index (χ3n) is 3.68. The lowest BCUT2D eigenvalue weighted by Gasteiger charge is -2.31. The maximum Gasteiger partial charge on any atom is 0.410 e. The van der Waals surface area contributed by atoms with Crippen molar-refractivity contribution in [2.75, 3.05) is 6.61 Å². The number of ether oxygens (including phenoxy) is 1. The highest BCUT2D eigenvalue weighted by Gasteiger charge is 2.44. The van der Waals surface area contributed by atoms with E-state index < -0.39 is 17.9 Å². The molecule has 1 aliphatic heterocycles. The van der Waals surface area contributed by atoms with Gasteiger partial charge in [0.15, 0.2) is 0 Å². The van der Waals surface area contributed by atoms with Crippen LogP contribution in [0, 0.1) is 0 Å². The van der Waals surface area contributed by atoms with Crippen molar-refractivity contribution in [3.63, 3.8) is 0 Å². The van der Waals surface area contributed by atoms with Gasteiger partial charge in [-0.1, -0.05) is 17.7 Å². The van der Waals surface area contributed by atoms with Crippen LogP contribution in [-0.4, -0.2) is 43.4 Å². The maximum absolute atomic E-state index is 11.6. The molecule has 8 heteroatoms. The molecule has 2 heterocycles. The molecule has 1 aromatic carbocycles. The van der Waals surface area contributed by atoms with Crippen LogP contribution in [0.4, 0.5) is 4.79 Å². The highest BCUT2D eigenvalue weighted by molar-refractivity contribution is 6.32. The molecule has 3 rings (SSSR count). The minimum absolute atomic E-state index is 0.285. The monoisotopic (exact) mass is 322 g/mol. The van der Waals surface area contributed by atoms with Crippen LogP contribution in [0.2, 0.25) is 5.02 Å². The van der Waals surface area contributed by atoms with Gasteiger partial charge in [0, 0.05) is 0 Å². The summed E-state index contributed by atoms with van der Waals surface area (Å²) in [6.07, 6.45) is 2.07. The van der Waals surface area contributed by atoms with Crippen molar-refractivity contribution in [1.29, 1.82) is 0 Å². The standard InChI is InChI=1S/C14H15ClN4O3/c1-14(2)18(13(20)21)12(8-22-14)9-3-4-10(15)11(7-9)19-16-5-6-17-19/h3-7,12H,8H2,1-2H3,(H,20,21). The van der Waals surface area contributed by atoms with Crippen LogP contribution < -0.4 is 0 Å². The second kappa shape index (κ2) is 5.26. The summed E-state index contributed by atoms with van der Waals surface area (Å²) in [4.78, 5) is 14.3. The predicted molar refractivity (Wildman–Crippen MR) is 79.0 cm³/mol. The highest BCUT2D eigenvalue weighted by Crippen LogP contribution is 2.38. The molecule has 1 unspecified atom stereocenters. The lowest BCUT2D eigenvalue weighted by Crippen LogP contribution is -2.44. The molecule has 7 nitrogen and oxygen atoms in total. The second-order valence-electron chi connectivity index (χ2n) is 5.46. The van der Waals surface area contributed by atoms with Gasteiger partial charge < -0.3 is 9.84 Å². The minimum atomic E-state index is -1.03. The smallest absolute Gasteiger partial charge is 0.410 e. The Balaban J connectivity index is 2.02. The Labute approximate surface area is 132 Å². The molecule has 1 atom stereocenters. The quantitative estimate of drug-likeness (QED) is 0.919. The first-order valence-electron chi connectivity index (χ1n) is 6.72. The van der Waals surface area contributed by atoms with Gasteiger partial charge >= 0.3 is 6.09 Å². The Morgan fingerprint density at radius 3 is 2.73 bits per heavy atom. The first-order valence-corrected chi connectivity index (χ1v) is 7.10. The van der Waals surface area contributed by atoms with Crippen molar-refractivity contribution in [1.82, 2.24) is 19.9 Å². The first-order chi connectivity index (χ1) is 10.4. The van der Waals surface area contributed by atoms with Crippen LogP contribution >= 0.6 is 11.6 Å². The number of carboxylic acid groups (broad SMARTS) is 1. The molecule has 1 fully saturated rings. The molecule has 0 radical (unpaired) electrons. The Bertz CT molecular complexity index is 702. The van der Waals surface area contributed by atoms with E-state index in [0.29, 0.717) is 10.7 Å². The molecule has 1 amide bonds. The number of amides is 1. The number of rotatable bonds is 2. The number of nitrogens with zero attached hydrogens (tertiary/aromatic N) is 4. The van der Waals surface area contributed by atoms with Crippen molar-refractivity contribution in [3.8, 4) is 5.69 Å². The third-order valence-corrected chi connectivity index (χ3v) is 4.00. The van der Waals surface area contributed by atoms with E-state index in [1.165, 1.54) is 9.70 Å². The topological polar surface area (TPSA) is 80.5 Å². The first kappa shape index (κ1) is 14.8. The number of hydrogen-bond acceptors (Lipinski definition) is 4. The summed E-state index contributed by atoms with van der Waals surface area (Å²) >= 11 is 6.19. The van der Waals surface area contributed by atoms with Gasteiger partial charge in [0.05, 0.1) is 30.1 Å². The third kappa shape index (κ3) is 2.42. The lowest BCUT2D eigenvalue weighted by molar-refractivity contribution is -0.0420. The molecule has 0 saturated carbocycles. The molecule has 1 aromatic heterocycles. The van der Waals surface area contributed by atoms with E-state index in [2.05, 4.69) is 10.2 Å². The molecular weight excluding hydrogens is 308 g/mol. The zero-order valence-corrected chi connectivity index (χ0v) is 12.9. The number of aromatic nitrogens is 3. The summed E-state index contributed by atoms with van der Waals surface area (Å²) in [6.45, 7) is 3.74. The molecule has 22 heavy (non-hydrogen) atoms. The Hall–Kier alpha value is -2.12. The van der Waals surface area contributed by atoms with E-state index in [0.717, 1.165) is 5.56 Å². The SMILES string of the molecule is CC1(C)OCC(c2ccc(Cl)c(-n3nccn3)c2)N1C(=O)O. The summed E-state index contributed by atoms with van der Waals surface area (Å²) in [7, 11) is 0. The fourth-order valence-electron chi connectivity index (χ4n) is 2.64. The zero-order valence-electron chi connectivity index (χ0n) is 12.1. The molecule has 0 bridgehead atoms. The largest absolute Gasteiger partial charge is 0.465 e. The van der Waals surface area contributed by atoms with E-state index in [-0.39, 0.29) is 6.61 Å². The van der Waals surface area contributed by atoms with Crippen molar-refractivity contribution in [2.45, 2.75) is 25.6 Å². The Morgan fingerprint density at radius 2 is 2.09 bits per heavy atom. The summed E-state index contributed by atoms with van der Waals surface area (Å²) < 4.78 is 5.62. The fraction of sp³-hybridized carbons (Fsp3) is 0.357. The van der Waals surface area contributed by atoms with Crippen LogP contribution in [0.3, 0.4) is 0 Å². The van der Waals surface area contributed by atoms with Gasteiger partial charge in [-0.3, -0.25) is 4.90 Å². The normalized spacial score (nSPS) is 20.3. The number of halogens is 1. The van der Waals surface area contributed by atoms with Gasteiger partial charge in [-0.05, 0) is 31.5 Å². The predicted octanol–water partition coefficient (Wildman–Crippen LogP) is 2.71. The van der Waals surface area contributed by atoms with Crippen molar-refractivity contribution in [3.05, 3.63) is 41.2 Å². The zero-order chi connectivity index (χ0) is 15.9. The van der Waals surface area contributed by atoms with E-state index in [1.807, 2.05) is 0 Å². The molecule has 1 saturated heterocycles. The molecule has 0 spiro atoms. The number of benzene rings is 1. The molecule has 2 aromatic rings. The fourth-order valence-corrected chi connectivity index (χ4v) is 2.83. The van der Waals surface area contributed by atoms with E-state index in [1.54, 1.807) is 44.4 Å². The van der Waals surface area contributed by atoms with Gasteiger partial charge in [-0.25, -0.2) is 4.79 Å². The second-order valence-corrected chi connectivity index (χ2v) is 5.86. The van der Waals surface area contributed by atoms with E-state index in [4.69, 9.17) is 16.3 Å². The molecule has 1 aliphatic rings. The van der Waals surface area contributed by atoms with Crippen LogP contribution in [-0.2, 0) is 4.74 Å². The van der Waals surface area contributed by atoms with Crippen molar-refractivity contribution >= 4 is 17.7 Å². The van der Waals surface area contributed by atoms with Gasteiger partial charge in [-0.15, -0.1) is 0 Å². The lowest BCUT2D eigenvalue weighted by atomic mass is 10.1. The van der Waals surface area contributed by atoms with Gasteiger partial charge in [0.25, 0.3) is 0 Å². The van der Waals surface area contributed by atoms with Gasteiger partial charge in [-0.2, -0.15) is 15.0 Å². The molecule has 116 valence electrons. The van der Waals surface area contributed by atoms with Gasteiger partial charge in [0.2, 0.25) is 0 Å². The maximum atomic E-state index is 11.6.